The van der Waals surface area contributed by atoms with Gasteiger partial charge in [-0.1, -0.05) is 23.7 Å². The summed E-state index contributed by atoms with van der Waals surface area (Å²) in [5.74, 6) is 0.108. The fraction of sp³-hybridized carbons (Fsp3) is 0.154. The molecule has 0 atom stereocenters. The SMILES string of the molecule is COc1ccccc1NC(=O)Cn1cnc(Cl)c(N)c1=O. The van der Waals surface area contributed by atoms with Crippen LogP contribution in [-0.4, -0.2) is 22.6 Å². The fourth-order valence-electron chi connectivity index (χ4n) is 1.69. The Morgan fingerprint density at radius 2 is 2.19 bits per heavy atom. The summed E-state index contributed by atoms with van der Waals surface area (Å²) in [6.07, 6.45) is 1.17. The van der Waals surface area contributed by atoms with Gasteiger partial charge in [0.25, 0.3) is 5.56 Å². The van der Waals surface area contributed by atoms with Gasteiger partial charge in [-0.2, -0.15) is 0 Å². The van der Waals surface area contributed by atoms with Crippen molar-refractivity contribution >= 4 is 28.9 Å². The average Bonchev–Trinajstić information content (AvgIpc) is 2.48. The molecule has 0 aliphatic carbocycles. The van der Waals surface area contributed by atoms with Gasteiger partial charge in [0.2, 0.25) is 5.91 Å². The third-order valence-corrected chi connectivity index (χ3v) is 3.02. The molecule has 0 unspecified atom stereocenters. The number of nitrogens with one attached hydrogen (secondary N) is 1. The first-order valence-electron chi connectivity index (χ1n) is 5.96. The van der Waals surface area contributed by atoms with E-state index in [9.17, 15) is 9.59 Å². The van der Waals surface area contributed by atoms with Crippen LogP contribution in [0.25, 0.3) is 0 Å². The average molecular weight is 309 g/mol. The highest BCUT2D eigenvalue weighted by atomic mass is 35.5. The van der Waals surface area contributed by atoms with Crippen LogP contribution in [0.4, 0.5) is 11.4 Å². The standard InChI is InChI=1S/C13H13ClN4O3/c1-21-9-5-3-2-4-8(9)17-10(19)6-18-7-16-12(14)11(15)13(18)20/h2-5,7H,6,15H2,1H3,(H,17,19). The summed E-state index contributed by atoms with van der Waals surface area (Å²) in [5, 5.41) is 2.56. The summed E-state index contributed by atoms with van der Waals surface area (Å²) in [5.41, 5.74) is 5.23. The molecule has 1 heterocycles. The first kappa shape index (κ1) is 14.9. The van der Waals surface area contributed by atoms with E-state index in [4.69, 9.17) is 22.1 Å². The lowest BCUT2D eigenvalue weighted by Gasteiger charge is -2.11. The van der Waals surface area contributed by atoms with Gasteiger partial charge in [0, 0.05) is 0 Å². The van der Waals surface area contributed by atoms with E-state index in [0.29, 0.717) is 11.4 Å². The molecule has 110 valence electrons. The van der Waals surface area contributed by atoms with Crippen molar-refractivity contribution < 1.29 is 9.53 Å². The quantitative estimate of drug-likeness (QED) is 0.825. The molecule has 7 nitrogen and oxygen atoms in total. The molecule has 8 heteroatoms. The van der Waals surface area contributed by atoms with E-state index in [-0.39, 0.29) is 17.4 Å². The maximum Gasteiger partial charge on any atom is 0.278 e. The molecule has 2 aromatic rings. The Hall–Kier alpha value is -2.54. The van der Waals surface area contributed by atoms with Crippen LogP contribution in [0.5, 0.6) is 5.75 Å². The number of nitrogens with two attached hydrogens (primary N) is 1. The van der Waals surface area contributed by atoms with E-state index in [2.05, 4.69) is 10.3 Å². The molecule has 0 aliphatic heterocycles. The molecule has 0 saturated carbocycles. The van der Waals surface area contributed by atoms with Gasteiger partial charge in [0.1, 0.15) is 18.0 Å². The highest BCUT2D eigenvalue weighted by Crippen LogP contribution is 2.22. The number of aromatic nitrogens is 2. The monoisotopic (exact) mass is 308 g/mol. The minimum Gasteiger partial charge on any atom is -0.495 e. The summed E-state index contributed by atoms with van der Waals surface area (Å²) >= 11 is 5.63. The molecule has 1 aromatic heterocycles. The zero-order valence-electron chi connectivity index (χ0n) is 11.2. The first-order valence-corrected chi connectivity index (χ1v) is 6.34. The number of carbonyl (C=O) groups excluding carboxylic acids is 1. The van der Waals surface area contributed by atoms with Gasteiger partial charge in [-0.25, -0.2) is 4.98 Å². The number of nitrogens with zero attached hydrogens (tertiary/aromatic N) is 2. The molecular weight excluding hydrogens is 296 g/mol. The zero-order valence-corrected chi connectivity index (χ0v) is 11.9. The minimum absolute atomic E-state index is 0.0820. The normalized spacial score (nSPS) is 10.2. The predicted molar refractivity (Wildman–Crippen MR) is 79.5 cm³/mol. The largest absolute Gasteiger partial charge is 0.495 e. The number of amides is 1. The second-order valence-corrected chi connectivity index (χ2v) is 4.49. The van der Waals surface area contributed by atoms with Crippen LogP contribution in [-0.2, 0) is 11.3 Å². The van der Waals surface area contributed by atoms with Crippen molar-refractivity contribution in [2.75, 3.05) is 18.2 Å². The van der Waals surface area contributed by atoms with Gasteiger partial charge in [0.15, 0.2) is 5.15 Å². The molecule has 0 saturated heterocycles. The topological polar surface area (TPSA) is 99.2 Å². The van der Waals surface area contributed by atoms with Gasteiger partial charge >= 0.3 is 0 Å². The number of nitrogen functional groups attached to an aromatic ring is 1. The summed E-state index contributed by atoms with van der Waals surface area (Å²) < 4.78 is 6.20. The number of ether oxygens (including phenoxy) is 1. The number of benzene rings is 1. The Morgan fingerprint density at radius 1 is 1.48 bits per heavy atom. The maximum absolute atomic E-state index is 12.0. The molecule has 1 aromatic carbocycles. The van der Waals surface area contributed by atoms with E-state index >= 15 is 0 Å². The third kappa shape index (κ3) is 3.32. The van der Waals surface area contributed by atoms with Crippen molar-refractivity contribution in [3.8, 4) is 5.75 Å². The van der Waals surface area contributed by atoms with Gasteiger partial charge in [0.05, 0.1) is 19.1 Å². The Kier molecular flexibility index (Phi) is 4.44. The van der Waals surface area contributed by atoms with Gasteiger partial charge in [-0.3, -0.25) is 14.2 Å². The van der Waals surface area contributed by atoms with E-state index in [1.54, 1.807) is 24.3 Å². The second-order valence-electron chi connectivity index (χ2n) is 4.13. The Morgan fingerprint density at radius 3 is 2.90 bits per heavy atom. The van der Waals surface area contributed by atoms with Gasteiger partial charge in [-0.15, -0.1) is 0 Å². The van der Waals surface area contributed by atoms with E-state index < -0.39 is 11.5 Å². The number of hydrogen-bond acceptors (Lipinski definition) is 5. The number of rotatable bonds is 4. The van der Waals surface area contributed by atoms with Crippen LogP contribution in [0, 0.1) is 0 Å². The van der Waals surface area contributed by atoms with Crippen LogP contribution < -0.4 is 21.3 Å². The lowest BCUT2D eigenvalue weighted by atomic mass is 10.3. The predicted octanol–water partition coefficient (Wildman–Crippen LogP) is 1.13. The summed E-state index contributed by atoms with van der Waals surface area (Å²) in [6, 6.07) is 6.94. The lowest BCUT2D eigenvalue weighted by Crippen LogP contribution is -2.29. The van der Waals surface area contributed by atoms with Crippen LogP contribution >= 0.6 is 11.6 Å². The van der Waals surface area contributed by atoms with Crippen molar-refractivity contribution in [3.05, 3.63) is 46.1 Å². The van der Waals surface area contributed by atoms with E-state index in [1.807, 2.05) is 0 Å². The number of halogens is 1. The maximum atomic E-state index is 12.0. The smallest absolute Gasteiger partial charge is 0.278 e. The van der Waals surface area contributed by atoms with Crippen LogP contribution in [0.2, 0.25) is 5.15 Å². The molecule has 1 amide bonds. The molecule has 0 aliphatic rings. The number of carbonyl (C=O) groups is 1. The minimum atomic E-state index is -0.565. The molecule has 21 heavy (non-hydrogen) atoms. The van der Waals surface area contributed by atoms with Gasteiger partial charge in [-0.05, 0) is 12.1 Å². The van der Waals surface area contributed by atoms with Crippen LogP contribution in [0.3, 0.4) is 0 Å². The van der Waals surface area contributed by atoms with E-state index in [0.717, 1.165) is 4.57 Å². The summed E-state index contributed by atoms with van der Waals surface area (Å²) in [4.78, 5) is 27.5. The number of para-hydroxylation sites is 2. The summed E-state index contributed by atoms with van der Waals surface area (Å²) in [7, 11) is 1.50. The van der Waals surface area contributed by atoms with Crippen molar-refractivity contribution in [2.45, 2.75) is 6.54 Å². The third-order valence-electron chi connectivity index (χ3n) is 2.72. The van der Waals surface area contributed by atoms with Crippen LogP contribution in [0.15, 0.2) is 35.4 Å². The van der Waals surface area contributed by atoms with Crippen molar-refractivity contribution in [3.63, 3.8) is 0 Å². The number of hydrogen-bond donors (Lipinski definition) is 2. The summed E-state index contributed by atoms with van der Waals surface area (Å²) in [6.45, 7) is -0.231. The van der Waals surface area contributed by atoms with Crippen LogP contribution in [0.1, 0.15) is 0 Å². The first-order chi connectivity index (χ1) is 10.0. The molecule has 0 spiro atoms. The molecule has 3 N–H and O–H groups in total. The lowest BCUT2D eigenvalue weighted by molar-refractivity contribution is -0.116. The molecular formula is C13H13ClN4O3. The molecule has 0 bridgehead atoms. The Labute approximate surface area is 125 Å². The highest BCUT2D eigenvalue weighted by Gasteiger charge is 2.11. The van der Waals surface area contributed by atoms with Crippen molar-refractivity contribution in [1.29, 1.82) is 0 Å². The molecule has 0 fully saturated rings. The second kappa shape index (κ2) is 6.27. The number of methoxy groups -OCH3 is 1. The van der Waals surface area contributed by atoms with Gasteiger partial charge < -0.3 is 15.8 Å². The highest BCUT2D eigenvalue weighted by molar-refractivity contribution is 6.31. The van der Waals surface area contributed by atoms with Crippen molar-refractivity contribution in [1.82, 2.24) is 9.55 Å². The fourth-order valence-corrected chi connectivity index (χ4v) is 1.81. The molecule has 2 rings (SSSR count). The van der Waals surface area contributed by atoms with E-state index in [1.165, 1.54) is 13.4 Å². The molecule has 0 radical (unpaired) electrons. The van der Waals surface area contributed by atoms with Crippen molar-refractivity contribution in [2.24, 2.45) is 0 Å². The number of anilines is 2. The Balaban J connectivity index is 2.16. The zero-order chi connectivity index (χ0) is 15.4. The Bertz CT molecular complexity index is 730.